The largest absolute Gasteiger partial charge is 0.376 e. The third-order valence-corrected chi connectivity index (χ3v) is 5.51. The Hall–Kier alpha value is -2.93. The summed E-state index contributed by atoms with van der Waals surface area (Å²) < 4.78 is 7.99. The molecular formula is C23H30N6O. The van der Waals surface area contributed by atoms with Crippen molar-refractivity contribution < 1.29 is 4.74 Å². The number of likely N-dealkylation sites (tertiary alicyclic amines) is 1. The minimum atomic E-state index is 0.551. The number of hydrogen-bond acceptors (Lipinski definition) is 4. The number of benzene rings is 1. The van der Waals surface area contributed by atoms with Gasteiger partial charge in [-0.2, -0.15) is 0 Å². The summed E-state index contributed by atoms with van der Waals surface area (Å²) in [4.78, 5) is 6.81. The van der Waals surface area contributed by atoms with E-state index in [1.54, 1.807) is 0 Å². The summed E-state index contributed by atoms with van der Waals surface area (Å²) in [5.41, 5.74) is 2.12. The Morgan fingerprint density at radius 2 is 2.03 bits per heavy atom. The lowest BCUT2D eigenvalue weighted by Gasteiger charge is -2.21. The maximum Gasteiger partial charge on any atom is 0.193 e. The van der Waals surface area contributed by atoms with Gasteiger partial charge < -0.3 is 15.0 Å². The molecule has 1 saturated heterocycles. The maximum atomic E-state index is 5.94. The molecule has 7 heteroatoms. The van der Waals surface area contributed by atoms with E-state index in [-0.39, 0.29) is 0 Å². The molecule has 158 valence electrons. The van der Waals surface area contributed by atoms with Crippen LogP contribution in [0.25, 0.3) is 5.65 Å². The molecule has 1 aromatic carbocycles. The zero-order valence-corrected chi connectivity index (χ0v) is 17.6. The molecule has 0 radical (unpaired) electrons. The van der Waals surface area contributed by atoms with Gasteiger partial charge in [-0.25, -0.2) is 0 Å². The van der Waals surface area contributed by atoms with Gasteiger partial charge in [0.25, 0.3) is 0 Å². The summed E-state index contributed by atoms with van der Waals surface area (Å²) in [5.74, 6) is 2.53. The van der Waals surface area contributed by atoms with Crippen LogP contribution >= 0.6 is 0 Å². The van der Waals surface area contributed by atoms with Crippen molar-refractivity contribution in [3.05, 3.63) is 66.1 Å². The summed E-state index contributed by atoms with van der Waals surface area (Å²) in [6.45, 7) is 4.35. The lowest BCUT2D eigenvalue weighted by Crippen LogP contribution is -2.40. The fraction of sp³-hybridized carbons (Fsp3) is 0.435. The quantitative estimate of drug-likeness (QED) is 0.354. The maximum absolute atomic E-state index is 5.94. The molecule has 1 aliphatic heterocycles. The number of ether oxygens (including phenoxy) is 1. The molecule has 4 rings (SSSR count). The summed E-state index contributed by atoms with van der Waals surface area (Å²) >= 11 is 0. The lowest BCUT2D eigenvalue weighted by molar-refractivity contribution is 0.0907. The van der Waals surface area contributed by atoms with Gasteiger partial charge in [0, 0.05) is 45.2 Å². The highest BCUT2D eigenvalue weighted by atomic mass is 16.5. The molecule has 30 heavy (non-hydrogen) atoms. The van der Waals surface area contributed by atoms with Crippen LogP contribution in [0, 0.1) is 5.92 Å². The third kappa shape index (κ3) is 5.16. The number of fused-ring (bicyclic) bond motifs is 1. The van der Waals surface area contributed by atoms with Gasteiger partial charge in [-0.15, -0.1) is 10.2 Å². The molecular weight excluding hydrogens is 376 g/mol. The number of nitrogens with one attached hydrogen (secondary N) is 1. The first-order valence-corrected chi connectivity index (χ1v) is 10.7. The average Bonchev–Trinajstić information content (AvgIpc) is 3.42. The molecule has 7 nitrogen and oxygen atoms in total. The number of guanidine groups is 1. The fourth-order valence-corrected chi connectivity index (χ4v) is 3.92. The van der Waals surface area contributed by atoms with E-state index in [1.807, 2.05) is 37.5 Å². The molecule has 1 unspecified atom stereocenters. The predicted molar refractivity (Wildman–Crippen MR) is 118 cm³/mol. The van der Waals surface area contributed by atoms with E-state index in [0.717, 1.165) is 62.9 Å². The van der Waals surface area contributed by atoms with Gasteiger partial charge in [0.2, 0.25) is 0 Å². The molecule has 0 spiro atoms. The Bertz CT molecular complexity index is 954. The zero-order valence-electron chi connectivity index (χ0n) is 17.6. The van der Waals surface area contributed by atoms with E-state index in [2.05, 4.69) is 54.1 Å². The normalized spacial score (nSPS) is 17.0. The SMILES string of the molecule is CN=C(NCCCc1nnc2ccccn12)N1CCC(COCc2ccccc2)C1. The van der Waals surface area contributed by atoms with E-state index in [1.165, 1.54) is 5.56 Å². The molecule has 1 atom stereocenters. The number of rotatable bonds is 8. The average molecular weight is 407 g/mol. The van der Waals surface area contributed by atoms with Crippen molar-refractivity contribution in [1.82, 2.24) is 24.8 Å². The number of aromatic nitrogens is 3. The second-order valence-electron chi connectivity index (χ2n) is 7.72. The first-order chi connectivity index (χ1) is 14.8. The lowest BCUT2D eigenvalue weighted by atomic mass is 10.1. The van der Waals surface area contributed by atoms with Crippen LogP contribution in [0.5, 0.6) is 0 Å². The second-order valence-corrected chi connectivity index (χ2v) is 7.72. The van der Waals surface area contributed by atoms with Gasteiger partial charge in [-0.3, -0.25) is 9.39 Å². The van der Waals surface area contributed by atoms with Gasteiger partial charge in [-0.05, 0) is 30.5 Å². The van der Waals surface area contributed by atoms with Crippen molar-refractivity contribution in [3.8, 4) is 0 Å². The van der Waals surface area contributed by atoms with Crippen LogP contribution in [0.15, 0.2) is 59.7 Å². The molecule has 0 amide bonds. The highest BCUT2D eigenvalue weighted by Gasteiger charge is 2.24. The van der Waals surface area contributed by atoms with Gasteiger partial charge in [0.05, 0.1) is 13.2 Å². The van der Waals surface area contributed by atoms with Gasteiger partial charge >= 0.3 is 0 Å². The van der Waals surface area contributed by atoms with Crippen LogP contribution in [0.2, 0.25) is 0 Å². The second kappa shape index (κ2) is 10.2. The van der Waals surface area contributed by atoms with Gasteiger partial charge in [0.15, 0.2) is 11.6 Å². The highest BCUT2D eigenvalue weighted by Crippen LogP contribution is 2.17. The molecule has 1 aliphatic rings. The summed E-state index contributed by atoms with van der Waals surface area (Å²) in [5, 5.41) is 12.0. The van der Waals surface area contributed by atoms with Crippen LogP contribution in [0.1, 0.15) is 24.2 Å². The molecule has 0 aliphatic carbocycles. The van der Waals surface area contributed by atoms with E-state index >= 15 is 0 Å². The first-order valence-electron chi connectivity index (χ1n) is 10.7. The number of hydrogen-bond donors (Lipinski definition) is 1. The monoisotopic (exact) mass is 406 g/mol. The first kappa shape index (κ1) is 20.3. The topological polar surface area (TPSA) is 67.0 Å². The fourth-order valence-electron chi connectivity index (χ4n) is 3.92. The van der Waals surface area contributed by atoms with Crippen molar-refractivity contribution in [2.75, 3.05) is 33.3 Å². The number of aryl methyl sites for hydroxylation is 1. The molecule has 1 fully saturated rings. The molecule has 3 aromatic rings. The highest BCUT2D eigenvalue weighted by molar-refractivity contribution is 5.80. The summed E-state index contributed by atoms with van der Waals surface area (Å²) in [6.07, 6.45) is 5.01. The van der Waals surface area contributed by atoms with Crippen molar-refractivity contribution >= 4 is 11.6 Å². The van der Waals surface area contributed by atoms with Crippen LogP contribution in [0.3, 0.4) is 0 Å². The summed E-state index contributed by atoms with van der Waals surface area (Å²) in [7, 11) is 1.85. The van der Waals surface area contributed by atoms with Crippen molar-refractivity contribution in [1.29, 1.82) is 0 Å². The summed E-state index contributed by atoms with van der Waals surface area (Å²) in [6, 6.07) is 16.3. The van der Waals surface area contributed by atoms with Gasteiger partial charge in [-0.1, -0.05) is 36.4 Å². The van der Waals surface area contributed by atoms with Crippen LogP contribution < -0.4 is 5.32 Å². The van der Waals surface area contributed by atoms with E-state index in [4.69, 9.17) is 4.74 Å². The Labute approximate surface area is 177 Å². The number of nitrogens with zero attached hydrogens (tertiary/aromatic N) is 5. The van der Waals surface area contributed by atoms with E-state index in [0.29, 0.717) is 12.5 Å². The Morgan fingerprint density at radius 1 is 1.17 bits per heavy atom. The minimum absolute atomic E-state index is 0.551. The molecule has 3 heterocycles. The minimum Gasteiger partial charge on any atom is -0.376 e. The molecule has 2 aromatic heterocycles. The van der Waals surface area contributed by atoms with Crippen LogP contribution in [-0.2, 0) is 17.8 Å². The van der Waals surface area contributed by atoms with E-state index in [9.17, 15) is 0 Å². The Kier molecular flexibility index (Phi) is 6.92. The van der Waals surface area contributed by atoms with Crippen molar-refractivity contribution in [2.24, 2.45) is 10.9 Å². The van der Waals surface area contributed by atoms with Crippen LogP contribution in [0.4, 0.5) is 0 Å². The Morgan fingerprint density at radius 3 is 2.90 bits per heavy atom. The number of pyridine rings is 1. The number of aliphatic imine (C=N–C) groups is 1. The standard InChI is InChI=1S/C23H30N6O/c1-24-23(25-13-7-11-22-27-26-21-10-5-6-14-29(21)22)28-15-12-20(16-28)18-30-17-19-8-3-2-4-9-19/h2-6,8-10,14,20H,7,11-13,15-18H2,1H3,(H,24,25). The van der Waals surface area contributed by atoms with Gasteiger partial charge in [0.1, 0.15) is 5.82 Å². The molecule has 0 bridgehead atoms. The third-order valence-electron chi connectivity index (χ3n) is 5.51. The molecule has 0 saturated carbocycles. The van der Waals surface area contributed by atoms with Crippen molar-refractivity contribution in [3.63, 3.8) is 0 Å². The molecule has 1 N–H and O–H groups in total. The van der Waals surface area contributed by atoms with Crippen LogP contribution in [-0.4, -0.2) is 58.7 Å². The smallest absolute Gasteiger partial charge is 0.193 e. The Balaban J connectivity index is 1.17. The van der Waals surface area contributed by atoms with Crippen molar-refractivity contribution in [2.45, 2.75) is 25.9 Å². The predicted octanol–water partition coefficient (Wildman–Crippen LogP) is 2.78. The zero-order chi connectivity index (χ0) is 20.6. The van der Waals surface area contributed by atoms with E-state index < -0.39 is 0 Å².